The monoisotopic (exact) mass is 289 g/mol. The van der Waals surface area contributed by atoms with Crippen molar-refractivity contribution in [1.82, 2.24) is 10.2 Å². The largest absolute Gasteiger partial charge is 0.462 e. The van der Waals surface area contributed by atoms with Gasteiger partial charge in [0.2, 0.25) is 0 Å². The summed E-state index contributed by atoms with van der Waals surface area (Å²) in [5, 5.41) is 3.31. The van der Waals surface area contributed by atoms with Gasteiger partial charge in [0.25, 0.3) is 0 Å². The summed E-state index contributed by atoms with van der Waals surface area (Å²) in [7, 11) is 0. The highest BCUT2D eigenvalue weighted by Gasteiger charge is 2.38. The number of nitrogens with one attached hydrogen (secondary N) is 1. The molecule has 0 radical (unpaired) electrons. The Morgan fingerprint density at radius 2 is 2.14 bits per heavy atom. The van der Waals surface area contributed by atoms with E-state index in [1.54, 1.807) is 36.1 Å². The summed E-state index contributed by atoms with van der Waals surface area (Å²) < 4.78 is 4.96. The first kappa shape index (κ1) is 13.9. The topological polar surface area (TPSA) is 61.9 Å². The molecule has 2 aliphatic rings. The van der Waals surface area contributed by atoms with E-state index in [1.807, 2.05) is 4.90 Å². The minimum absolute atomic E-state index is 0.0467. The molecule has 0 spiro atoms. The van der Waals surface area contributed by atoms with Crippen molar-refractivity contribution in [3.05, 3.63) is 29.8 Å². The van der Waals surface area contributed by atoms with Gasteiger partial charge in [-0.1, -0.05) is 0 Å². The van der Waals surface area contributed by atoms with Gasteiger partial charge in [-0.2, -0.15) is 0 Å². The van der Waals surface area contributed by atoms with Gasteiger partial charge < -0.3 is 15.0 Å². The summed E-state index contributed by atoms with van der Waals surface area (Å²) in [6.07, 6.45) is 0. The second-order valence-corrected chi connectivity index (χ2v) is 5.21. The molecule has 1 unspecified atom stereocenters. The number of nitrogens with zero attached hydrogens (tertiary/aromatic N) is 2. The highest BCUT2D eigenvalue weighted by Crippen LogP contribution is 2.25. The van der Waals surface area contributed by atoms with Crippen LogP contribution in [0.15, 0.2) is 24.3 Å². The lowest BCUT2D eigenvalue weighted by atomic mass is 10.2. The number of urea groups is 1. The molecule has 0 aromatic heterocycles. The van der Waals surface area contributed by atoms with Crippen molar-refractivity contribution in [3.63, 3.8) is 0 Å². The Balaban J connectivity index is 1.75. The predicted molar refractivity (Wildman–Crippen MR) is 78.5 cm³/mol. The number of fused-ring (bicyclic) bond motifs is 1. The highest BCUT2D eigenvalue weighted by atomic mass is 16.5. The quantitative estimate of drug-likeness (QED) is 0.846. The molecule has 1 aromatic rings. The van der Waals surface area contributed by atoms with Crippen LogP contribution in [0.25, 0.3) is 0 Å². The highest BCUT2D eigenvalue weighted by molar-refractivity contribution is 5.96. The van der Waals surface area contributed by atoms with E-state index in [0.29, 0.717) is 18.7 Å². The number of hydrogen-bond acceptors (Lipinski definition) is 4. The molecular weight excluding hydrogens is 270 g/mol. The number of piperazine rings is 1. The fraction of sp³-hybridized carbons (Fsp3) is 0.467. The first-order valence-electron chi connectivity index (χ1n) is 7.26. The summed E-state index contributed by atoms with van der Waals surface area (Å²) in [6.45, 7) is 5.25. The third-order valence-electron chi connectivity index (χ3n) is 3.91. The fourth-order valence-corrected chi connectivity index (χ4v) is 2.83. The molecule has 1 N–H and O–H groups in total. The van der Waals surface area contributed by atoms with Crippen LogP contribution in [-0.2, 0) is 4.74 Å². The summed E-state index contributed by atoms with van der Waals surface area (Å²) in [4.78, 5) is 27.7. The minimum Gasteiger partial charge on any atom is -0.462 e. The van der Waals surface area contributed by atoms with Crippen LogP contribution in [0.2, 0.25) is 0 Å². The third-order valence-corrected chi connectivity index (χ3v) is 3.91. The van der Waals surface area contributed by atoms with Gasteiger partial charge in [-0.05, 0) is 31.2 Å². The molecule has 2 saturated heterocycles. The van der Waals surface area contributed by atoms with E-state index in [0.717, 1.165) is 25.3 Å². The van der Waals surface area contributed by atoms with E-state index in [9.17, 15) is 9.59 Å². The fourth-order valence-electron chi connectivity index (χ4n) is 2.83. The smallest absolute Gasteiger partial charge is 0.338 e. The second kappa shape index (κ2) is 5.73. The first-order valence-corrected chi connectivity index (χ1v) is 7.26. The molecule has 6 heteroatoms. The molecule has 2 aliphatic heterocycles. The van der Waals surface area contributed by atoms with Crippen LogP contribution in [0.3, 0.4) is 0 Å². The Kier molecular flexibility index (Phi) is 3.79. The van der Waals surface area contributed by atoms with Crippen LogP contribution < -0.4 is 10.2 Å². The van der Waals surface area contributed by atoms with Crippen molar-refractivity contribution in [1.29, 1.82) is 0 Å². The molecule has 0 bridgehead atoms. The number of benzene rings is 1. The Morgan fingerprint density at radius 3 is 2.81 bits per heavy atom. The number of ether oxygens (including phenoxy) is 1. The zero-order valence-corrected chi connectivity index (χ0v) is 12.0. The molecule has 6 nitrogen and oxygen atoms in total. The average Bonchev–Trinajstić information content (AvgIpc) is 2.85. The number of hydrogen-bond donors (Lipinski definition) is 1. The third kappa shape index (κ3) is 2.58. The molecule has 1 aromatic carbocycles. The Bertz CT molecular complexity index is 544. The molecular formula is C15H19N3O3. The lowest BCUT2D eigenvalue weighted by Gasteiger charge is -2.28. The standard InChI is InChI=1S/C15H19N3O3/c1-2-21-14(19)11-3-5-12(6-4-11)18-10-13-9-16-7-8-17(13)15(18)20/h3-6,13,16H,2,7-10H2,1H3. The number of anilines is 1. The van der Waals surface area contributed by atoms with Gasteiger partial charge in [0, 0.05) is 31.9 Å². The van der Waals surface area contributed by atoms with Crippen molar-refractivity contribution in [3.8, 4) is 0 Å². The van der Waals surface area contributed by atoms with E-state index in [2.05, 4.69) is 5.32 Å². The number of amides is 2. The molecule has 3 rings (SSSR count). The first-order chi connectivity index (χ1) is 10.2. The van der Waals surface area contributed by atoms with Gasteiger partial charge in [-0.3, -0.25) is 4.90 Å². The van der Waals surface area contributed by atoms with Crippen LogP contribution in [0.1, 0.15) is 17.3 Å². The number of esters is 1. The van der Waals surface area contributed by atoms with Gasteiger partial charge in [-0.15, -0.1) is 0 Å². The van der Waals surface area contributed by atoms with Crippen molar-refractivity contribution < 1.29 is 14.3 Å². The maximum Gasteiger partial charge on any atom is 0.338 e. The SMILES string of the molecule is CCOC(=O)c1ccc(N2CC3CNCCN3C2=O)cc1. The molecule has 112 valence electrons. The average molecular weight is 289 g/mol. The van der Waals surface area contributed by atoms with Gasteiger partial charge in [-0.25, -0.2) is 9.59 Å². The van der Waals surface area contributed by atoms with Crippen LogP contribution >= 0.6 is 0 Å². The Hall–Kier alpha value is -2.08. The predicted octanol–water partition coefficient (Wildman–Crippen LogP) is 1.08. The van der Waals surface area contributed by atoms with E-state index in [4.69, 9.17) is 4.74 Å². The second-order valence-electron chi connectivity index (χ2n) is 5.21. The van der Waals surface area contributed by atoms with Crippen LogP contribution in [0.4, 0.5) is 10.5 Å². The van der Waals surface area contributed by atoms with Crippen molar-refractivity contribution in [2.24, 2.45) is 0 Å². The van der Waals surface area contributed by atoms with E-state index in [-0.39, 0.29) is 18.0 Å². The van der Waals surface area contributed by atoms with Crippen molar-refractivity contribution in [2.45, 2.75) is 13.0 Å². The Labute approximate surface area is 123 Å². The summed E-state index contributed by atoms with van der Waals surface area (Å²) in [5.41, 5.74) is 1.33. The molecule has 21 heavy (non-hydrogen) atoms. The number of rotatable bonds is 3. The summed E-state index contributed by atoms with van der Waals surface area (Å²) in [6, 6.07) is 7.29. The van der Waals surface area contributed by atoms with Gasteiger partial charge in [0.05, 0.1) is 18.2 Å². The van der Waals surface area contributed by atoms with Crippen molar-refractivity contribution >= 4 is 17.7 Å². The van der Waals surface area contributed by atoms with Crippen LogP contribution in [-0.4, -0.2) is 55.7 Å². The van der Waals surface area contributed by atoms with Gasteiger partial charge in [0.1, 0.15) is 0 Å². The maximum atomic E-state index is 12.4. The van der Waals surface area contributed by atoms with Gasteiger partial charge >= 0.3 is 12.0 Å². The molecule has 2 amide bonds. The minimum atomic E-state index is -0.335. The molecule has 0 saturated carbocycles. The van der Waals surface area contributed by atoms with E-state index in [1.165, 1.54) is 0 Å². The zero-order valence-electron chi connectivity index (χ0n) is 12.0. The van der Waals surface area contributed by atoms with Crippen LogP contribution in [0, 0.1) is 0 Å². The molecule has 0 aliphatic carbocycles. The van der Waals surface area contributed by atoms with Gasteiger partial charge in [0.15, 0.2) is 0 Å². The molecule has 2 heterocycles. The van der Waals surface area contributed by atoms with E-state index < -0.39 is 0 Å². The maximum absolute atomic E-state index is 12.4. The lowest BCUT2D eigenvalue weighted by molar-refractivity contribution is 0.0526. The lowest BCUT2D eigenvalue weighted by Crippen LogP contribution is -2.49. The number of carbonyl (C=O) groups is 2. The summed E-state index contributed by atoms with van der Waals surface area (Å²) >= 11 is 0. The summed E-state index contributed by atoms with van der Waals surface area (Å²) in [5.74, 6) is -0.335. The van der Waals surface area contributed by atoms with E-state index >= 15 is 0 Å². The molecule has 2 fully saturated rings. The normalized spacial score (nSPS) is 21.4. The van der Waals surface area contributed by atoms with Crippen molar-refractivity contribution in [2.75, 3.05) is 37.7 Å². The Morgan fingerprint density at radius 1 is 1.38 bits per heavy atom. The zero-order chi connectivity index (χ0) is 14.8. The number of carbonyl (C=O) groups excluding carboxylic acids is 2. The van der Waals surface area contributed by atoms with Crippen LogP contribution in [0.5, 0.6) is 0 Å². The molecule has 1 atom stereocenters.